The van der Waals surface area contributed by atoms with E-state index < -0.39 is 0 Å². The Labute approximate surface area is 143 Å². The topological polar surface area (TPSA) is 48.1 Å². The third-order valence-corrected chi connectivity index (χ3v) is 5.11. The van der Waals surface area contributed by atoms with Crippen LogP contribution >= 0.6 is 12.4 Å². The van der Waals surface area contributed by atoms with Crippen LogP contribution in [0.15, 0.2) is 30.3 Å². The van der Waals surface area contributed by atoms with Gasteiger partial charge in [-0.25, -0.2) is 0 Å². The van der Waals surface area contributed by atoms with Gasteiger partial charge in [0.1, 0.15) is 0 Å². The third kappa shape index (κ3) is 3.10. The lowest BCUT2D eigenvalue weighted by Gasteiger charge is -2.36. The summed E-state index contributed by atoms with van der Waals surface area (Å²) in [6, 6.07) is 10.8. The molecule has 2 aliphatic heterocycles. The van der Waals surface area contributed by atoms with E-state index >= 15 is 0 Å². The van der Waals surface area contributed by atoms with E-state index in [2.05, 4.69) is 45.5 Å². The van der Waals surface area contributed by atoms with Crippen molar-refractivity contribution in [1.29, 1.82) is 0 Å². The van der Waals surface area contributed by atoms with Crippen LogP contribution in [0.25, 0.3) is 10.9 Å². The first-order valence-electron chi connectivity index (χ1n) is 8.42. The van der Waals surface area contributed by atoms with Gasteiger partial charge in [-0.2, -0.15) is 0 Å². The molecule has 2 saturated heterocycles. The van der Waals surface area contributed by atoms with Crippen molar-refractivity contribution in [2.45, 2.75) is 31.7 Å². The highest BCUT2D eigenvalue weighted by Crippen LogP contribution is 2.33. The number of aromatic nitrogens is 1. The van der Waals surface area contributed by atoms with Gasteiger partial charge in [-0.1, -0.05) is 18.2 Å². The quantitative estimate of drug-likeness (QED) is 0.886. The Bertz CT molecular complexity index is 645. The van der Waals surface area contributed by atoms with Crippen molar-refractivity contribution >= 4 is 29.2 Å². The second kappa shape index (κ2) is 6.93. The predicted octanol–water partition coefficient (Wildman–Crippen LogP) is 3.25. The molecule has 2 N–H and O–H groups in total. The summed E-state index contributed by atoms with van der Waals surface area (Å²) in [5.41, 5.74) is 2.36. The molecule has 4 nitrogen and oxygen atoms in total. The van der Waals surface area contributed by atoms with Gasteiger partial charge >= 0.3 is 0 Å². The average Bonchev–Trinajstić information content (AvgIpc) is 3.23. The molecule has 0 radical (unpaired) electrons. The first-order chi connectivity index (χ1) is 10.8. The highest BCUT2D eigenvalue weighted by Gasteiger charge is 2.34. The highest BCUT2D eigenvalue weighted by atomic mass is 35.5. The molecule has 1 aromatic carbocycles. The van der Waals surface area contributed by atoms with Crippen LogP contribution in [-0.4, -0.2) is 35.4 Å². The molecule has 2 atom stereocenters. The Balaban J connectivity index is 0.00000156. The molecule has 124 valence electrons. The van der Waals surface area contributed by atoms with Crippen molar-refractivity contribution in [3.63, 3.8) is 0 Å². The molecule has 0 saturated carbocycles. The van der Waals surface area contributed by atoms with E-state index in [4.69, 9.17) is 0 Å². The molecule has 3 heterocycles. The zero-order chi connectivity index (χ0) is 14.9. The fourth-order valence-electron chi connectivity index (χ4n) is 3.89. The molecule has 0 spiro atoms. The predicted molar refractivity (Wildman–Crippen MR) is 94.8 cm³/mol. The normalized spacial score (nSPS) is 24.6. The van der Waals surface area contributed by atoms with Gasteiger partial charge in [0, 0.05) is 24.3 Å². The van der Waals surface area contributed by atoms with Crippen molar-refractivity contribution in [1.82, 2.24) is 15.2 Å². The lowest BCUT2D eigenvalue weighted by atomic mass is 9.96. The van der Waals surface area contributed by atoms with Crippen LogP contribution in [0.2, 0.25) is 0 Å². The number of nitrogens with zero attached hydrogens (tertiary/aromatic N) is 1. The number of fused-ring (bicyclic) bond motifs is 1. The first kappa shape index (κ1) is 16.3. The van der Waals surface area contributed by atoms with Crippen LogP contribution in [0.5, 0.6) is 0 Å². The number of carbonyl (C=O) groups is 1. The number of piperidine rings is 1. The minimum absolute atomic E-state index is 0. The summed E-state index contributed by atoms with van der Waals surface area (Å²) in [6.45, 7) is 2.71. The SMILES string of the molecule is Cl.O=C(C1CCNC1)N1CCCCC1c1cc2ccccc2[nH]1. The molecule has 5 heteroatoms. The van der Waals surface area contributed by atoms with Crippen LogP contribution in [0.3, 0.4) is 0 Å². The Morgan fingerprint density at radius 3 is 2.83 bits per heavy atom. The zero-order valence-corrected chi connectivity index (χ0v) is 14.1. The number of halogens is 1. The van der Waals surface area contributed by atoms with Crippen molar-refractivity contribution in [3.8, 4) is 0 Å². The largest absolute Gasteiger partial charge is 0.357 e. The van der Waals surface area contributed by atoms with E-state index in [1.165, 1.54) is 17.5 Å². The summed E-state index contributed by atoms with van der Waals surface area (Å²) in [4.78, 5) is 18.5. The second-order valence-electron chi connectivity index (χ2n) is 6.54. The maximum atomic E-state index is 12.9. The number of hydrogen-bond acceptors (Lipinski definition) is 2. The van der Waals surface area contributed by atoms with Crippen LogP contribution in [0.4, 0.5) is 0 Å². The standard InChI is InChI=1S/C18H23N3O.ClH/c22-18(14-8-9-19-12-14)21-10-4-3-7-17(21)16-11-13-5-1-2-6-15(13)20-16;/h1-2,5-6,11,14,17,19-20H,3-4,7-10,12H2;1H. The van der Waals surface area contributed by atoms with Gasteiger partial charge in [0.2, 0.25) is 5.91 Å². The van der Waals surface area contributed by atoms with Gasteiger partial charge in [-0.15, -0.1) is 12.4 Å². The number of rotatable bonds is 2. The number of amides is 1. The van der Waals surface area contributed by atoms with E-state index in [9.17, 15) is 4.79 Å². The summed E-state index contributed by atoms with van der Waals surface area (Å²) in [5.74, 6) is 0.512. The molecule has 1 aromatic heterocycles. The number of likely N-dealkylation sites (tertiary alicyclic amines) is 1. The lowest BCUT2D eigenvalue weighted by molar-refractivity contribution is -0.139. The van der Waals surface area contributed by atoms with Gasteiger partial charge in [0.25, 0.3) is 0 Å². The summed E-state index contributed by atoms with van der Waals surface area (Å²) in [6.07, 6.45) is 4.38. The van der Waals surface area contributed by atoms with Gasteiger partial charge in [-0.05, 0) is 49.7 Å². The number of hydrogen-bond donors (Lipinski definition) is 2. The molecule has 2 aromatic rings. The molecule has 1 amide bonds. The van der Waals surface area contributed by atoms with Crippen LogP contribution in [-0.2, 0) is 4.79 Å². The number of carbonyl (C=O) groups excluding carboxylic acids is 1. The molecule has 4 rings (SSSR count). The third-order valence-electron chi connectivity index (χ3n) is 5.11. The van der Waals surface area contributed by atoms with Crippen LogP contribution < -0.4 is 5.32 Å². The first-order valence-corrected chi connectivity index (χ1v) is 8.42. The molecule has 23 heavy (non-hydrogen) atoms. The number of aromatic amines is 1. The average molecular weight is 334 g/mol. The monoisotopic (exact) mass is 333 g/mol. The fraction of sp³-hybridized carbons (Fsp3) is 0.500. The number of para-hydroxylation sites is 1. The Morgan fingerprint density at radius 2 is 2.04 bits per heavy atom. The van der Waals surface area contributed by atoms with Crippen molar-refractivity contribution in [2.24, 2.45) is 5.92 Å². The minimum atomic E-state index is 0. The molecule has 2 unspecified atom stereocenters. The zero-order valence-electron chi connectivity index (χ0n) is 13.3. The van der Waals surface area contributed by atoms with E-state index in [0.717, 1.165) is 44.4 Å². The number of H-pyrrole nitrogens is 1. The summed E-state index contributed by atoms with van der Waals surface area (Å²) in [7, 11) is 0. The second-order valence-corrected chi connectivity index (χ2v) is 6.54. The maximum absolute atomic E-state index is 12.9. The minimum Gasteiger partial charge on any atom is -0.357 e. The maximum Gasteiger partial charge on any atom is 0.227 e. The molecule has 2 aliphatic rings. The van der Waals surface area contributed by atoms with Crippen LogP contribution in [0, 0.1) is 5.92 Å². The molecular weight excluding hydrogens is 310 g/mol. The van der Waals surface area contributed by atoms with Gasteiger partial charge in [0.15, 0.2) is 0 Å². The summed E-state index contributed by atoms with van der Waals surface area (Å²) in [5, 5.41) is 4.55. The van der Waals surface area contributed by atoms with Gasteiger partial charge in [0.05, 0.1) is 12.0 Å². The lowest BCUT2D eigenvalue weighted by Crippen LogP contribution is -2.42. The number of nitrogens with one attached hydrogen (secondary N) is 2. The van der Waals surface area contributed by atoms with Gasteiger partial charge < -0.3 is 15.2 Å². The fourth-order valence-corrected chi connectivity index (χ4v) is 3.89. The molecule has 0 aliphatic carbocycles. The van der Waals surface area contributed by atoms with E-state index in [1.54, 1.807) is 0 Å². The summed E-state index contributed by atoms with van der Waals surface area (Å²) < 4.78 is 0. The molecular formula is C18H24ClN3O. The van der Waals surface area contributed by atoms with Crippen molar-refractivity contribution in [2.75, 3.05) is 19.6 Å². The molecule has 2 fully saturated rings. The molecule has 0 bridgehead atoms. The van der Waals surface area contributed by atoms with E-state index in [-0.39, 0.29) is 24.4 Å². The van der Waals surface area contributed by atoms with Crippen LogP contribution in [0.1, 0.15) is 37.4 Å². The Morgan fingerprint density at radius 1 is 1.17 bits per heavy atom. The smallest absolute Gasteiger partial charge is 0.227 e. The van der Waals surface area contributed by atoms with Crippen molar-refractivity contribution in [3.05, 3.63) is 36.0 Å². The van der Waals surface area contributed by atoms with Gasteiger partial charge in [-0.3, -0.25) is 4.79 Å². The highest BCUT2D eigenvalue weighted by molar-refractivity contribution is 5.85. The summed E-state index contributed by atoms with van der Waals surface area (Å²) >= 11 is 0. The Kier molecular flexibility index (Phi) is 4.93. The van der Waals surface area contributed by atoms with E-state index in [0.29, 0.717) is 5.91 Å². The number of benzene rings is 1. The van der Waals surface area contributed by atoms with Crippen molar-refractivity contribution < 1.29 is 4.79 Å². The Hall–Kier alpha value is -1.52. The van der Waals surface area contributed by atoms with E-state index in [1.807, 2.05) is 0 Å².